The van der Waals surface area contributed by atoms with E-state index in [0.29, 0.717) is 0 Å². The molecule has 3 aromatic heterocycles. The summed E-state index contributed by atoms with van der Waals surface area (Å²) in [6, 6.07) is 5.81. The highest BCUT2D eigenvalue weighted by Crippen LogP contribution is 2.39. The lowest BCUT2D eigenvalue weighted by Crippen LogP contribution is -2.22. The molecule has 4 heterocycles. The van der Waals surface area contributed by atoms with Crippen LogP contribution in [0.4, 0.5) is 5.95 Å². The van der Waals surface area contributed by atoms with Gasteiger partial charge in [-0.2, -0.15) is 0 Å². The Morgan fingerprint density at radius 3 is 2.83 bits per heavy atom. The fourth-order valence-corrected chi connectivity index (χ4v) is 4.45. The van der Waals surface area contributed by atoms with Gasteiger partial charge in [-0.1, -0.05) is 6.07 Å². The van der Waals surface area contributed by atoms with Crippen LogP contribution < -0.4 is 10.2 Å². The molecule has 1 N–H and O–H groups in total. The molecular formula is C17H17N5OS. The van der Waals surface area contributed by atoms with Gasteiger partial charge in [0.1, 0.15) is 4.83 Å². The molecule has 24 heavy (non-hydrogen) atoms. The number of thiophene rings is 1. The summed E-state index contributed by atoms with van der Waals surface area (Å²) in [6.45, 7) is 1.70. The van der Waals surface area contributed by atoms with E-state index < -0.39 is 0 Å². The zero-order valence-corrected chi connectivity index (χ0v) is 14.1. The predicted octanol–water partition coefficient (Wildman–Crippen LogP) is 2.44. The van der Waals surface area contributed by atoms with Crippen LogP contribution >= 0.6 is 11.3 Å². The molecule has 0 aliphatic carbocycles. The second-order valence-corrected chi connectivity index (χ2v) is 6.76. The topological polar surface area (TPSA) is 71.0 Å². The maximum absolute atomic E-state index is 12.3. The molecule has 0 unspecified atom stereocenters. The number of carbonyl (C=O) groups is 1. The third kappa shape index (κ3) is 2.50. The Balaban J connectivity index is 1.73. The molecule has 122 valence electrons. The summed E-state index contributed by atoms with van der Waals surface area (Å²) in [5, 5.41) is 3.84. The first-order valence-electron chi connectivity index (χ1n) is 7.89. The Morgan fingerprint density at radius 2 is 2.04 bits per heavy atom. The van der Waals surface area contributed by atoms with Crippen LogP contribution in [0.25, 0.3) is 10.2 Å². The molecule has 1 amide bonds. The van der Waals surface area contributed by atoms with E-state index in [1.165, 1.54) is 11.3 Å². The smallest absolute Gasteiger partial charge is 0.261 e. The normalized spacial score (nSPS) is 17.4. The van der Waals surface area contributed by atoms with Crippen molar-refractivity contribution in [2.75, 3.05) is 25.0 Å². The molecule has 1 fully saturated rings. The van der Waals surface area contributed by atoms with Gasteiger partial charge >= 0.3 is 0 Å². The molecule has 0 aromatic carbocycles. The van der Waals surface area contributed by atoms with Crippen LogP contribution in [0.3, 0.4) is 0 Å². The first-order valence-corrected chi connectivity index (χ1v) is 8.71. The SMILES string of the molecule is CNC(=O)c1sc2ncccc2c1[C@H]1CCN(c2ncccn2)C1. The van der Waals surface area contributed by atoms with Crippen molar-refractivity contribution in [3.63, 3.8) is 0 Å². The fraction of sp³-hybridized carbons (Fsp3) is 0.294. The van der Waals surface area contributed by atoms with Crippen molar-refractivity contribution in [2.24, 2.45) is 0 Å². The largest absolute Gasteiger partial charge is 0.354 e. The van der Waals surface area contributed by atoms with E-state index in [2.05, 4.69) is 31.2 Å². The third-order valence-corrected chi connectivity index (χ3v) is 5.50. The van der Waals surface area contributed by atoms with Gasteiger partial charge in [0, 0.05) is 50.0 Å². The van der Waals surface area contributed by atoms with Gasteiger partial charge in [-0.3, -0.25) is 4.79 Å². The molecule has 0 bridgehead atoms. The highest BCUT2D eigenvalue weighted by Gasteiger charge is 2.31. The van der Waals surface area contributed by atoms with Crippen molar-refractivity contribution in [1.82, 2.24) is 20.3 Å². The molecule has 1 atom stereocenters. The first kappa shape index (κ1) is 15.0. The lowest BCUT2D eigenvalue weighted by atomic mass is 9.95. The summed E-state index contributed by atoms with van der Waals surface area (Å²) >= 11 is 1.47. The molecule has 4 rings (SSSR count). The lowest BCUT2D eigenvalue weighted by Gasteiger charge is -2.16. The Kier molecular flexibility index (Phi) is 3.86. The number of fused-ring (bicyclic) bond motifs is 1. The van der Waals surface area contributed by atoms with Crippen molar-refractivity contribution in [1.29, 1.82) is 0 Å². The van der Waals surface area contributed by atoms with Gasteiger partial charge in [0.15, 0.2) is 0 Å². The molecule has 1 aliphatic rings. The van der Waals surface area contributed by atoms with Gasteiger partial charge in [-0.05, 0) is 24.1 Å². The fourth-order valence-electron chi connectivity index (χ4n) is 3.27. The van der Waals surface area contributed by atoms with E-state index in [9.17, 15) is 4.79 Å². The number of amides is 1. The van der Waals surface area contributed by atoms with Crippen LogP contribution in [0.1, 0.15) is 27.6 Å². The van der Waals surface area contributed by atoms with Gasteiger partial charge in [-0.15, -0.1) is 11.3 Å². The summed E-state index contributed by atoms with van der Waals surface area (Å²) < 4.78 is 0. The third-order valence-electron chi connectivity index (χ3n) is 4.37. The second-order valence-electron chi connectivity index (χ2n) is 5.76. The molecule has 6 nitrogen and oxygen atoms in total. The van der Waals surface area contributed by atoms with Crippen LogP contribution in [0.15, 0.2) is 36.8 Å². The van der Waals surface area contributed by atoms with Crippen molar-refractivity contribution < 1.29 is 4.79 Å². The maximum Gasteiger partial charge on any atom is 0.261 e. The monoisotopic (exact) mass is 339 g/mol. The van der Waals surface area contributed by atoms with Crippen LogP contribution in [0.2, 0.25) is 0 Å². The van der Waals surface area contributed by atoms with Crippen LogP contribution in [-0.2, 0) is 0 Å². The number of aromatic nitrogens is 3. The molecule has 0 spiro atoms. The predicted molar refractivity (Wildman–Crippen MR) is 94.6 cm³/mol. The van der Waals surface area contributed by atoms with Crippen molar-refractivity contribution >= 4 is 33.4 Å². The quantitative estimate of drug-likeness (QED) is 0.793. The molecule has 1 aliphatic heterocycles. The minimum Gasteiger partial charge on any atom is -0.354 e. The number of carbonyl (C=O) groups excluding carboxylic acids is 1. The minimum absolute atomic E-state index is 0.0394. The number of anilines is 1. The Labute approximate surface area is 143 Å². The van der Waals surface area contributed by atoms with Gasteiger partial charge in [0.05, 0.1) is 4.88 Å². The van der Waals surface area contributed by atoms with Gasteiger partial charge < -0.3 is 10.2 Å². The Bertz CT molecular complexity index is 879. The average molecular weight is 339 g/mol. The summed E-state index contributed by atoms with van der Waals surface area (Å²) in [5.41, 5.74) is 1.11. The van der Waals surface area contributed by atoms with Crippen LogP contribution in [0.5, 0.6) is 0 Å². The van der Waals surface area contributed by atoms with Gasteiger partial charge in [0.2, 0.25) is 5.95 Å². The second kappa shape index (κ2) is 6.16. The first-order chi connectivity index (χ1) is 11.8. The number of hydrogen-bond acceptors (Lipinski definition) is 6. The van der Waals surface area contributed by atoms with E-state index in [0.717, 1.165) is 46.1 Å². The number of hydrogen-bond donors (Lipinski definition) is 1. The van der Waals surface area contributed by atoms with Crippen LogP contribution in [0, 0.1) is 0 Å². The minimum atomic E-state index is -0.0394. The van der Waals surface area contributed by atoms with Crippen LogP contribution in [-0.4, -0.2) is 41.0 Å². The number of pyridine rings is 1. The maximum atomic E-state index is 12.3. The average Bonchev–Trinajstić information content (AvgIpc) is 3.26. The zero-order valence-electron chi connectivity index (χ0n) is 13.3. The zero-order chi connectivity index (χ0) is 16.5. The summed E-state index contributed by atoms with van der Waals surface area (Å²) in [4.78, 5) is 29.3. The summed E-state index contributed by atoms with van der Waals surface area (Å²) in [5.74, 6) is 0.987. The molecule has 7 heteroatoms. The molecular weight excluding hydrogens is 322 g/mol. The van der Waals surface area contributed by atoms with E-state index in [4.69, 9.17) is 0 Å². The molecule has 0 radical (unpaired) electrons. The standard InChI is InChI=1S/C17H17N5OS/c1-18-15(23)14-13(12-4-2-6-19-16(12)24-14)11-5-9-22(10-11)17-20-7-3-8-21-17/h2-4,6-8,11H,5,9-10H2,1H3,(H,18,23)/t11-/m0/s1. The number of nitrogens with zero attached hydrogens (tertiary/aromatic N) is 4. The number of nitrogens with one attached hydrogen (secondary N) is 1. The van der Waals surface area contributed by atoms with Crippen molar-refractivity contribution in [3.05, 3.63) is 47.2 Å². The molecule has 0 saturated carbocycles. The van der Waals surface area contributed by atoms with Crippen molar-refractivity contribution in [3.8, 4) is 0 Å². The lowest BCUT2D eigenvalue weighted by molar-refractivity contribution is 0.0966. The molecule has 1 saturated heterocycles. The van der Waals surface area contributed by atoms with Gasteiger partial charge in [0.25, 0.3) is 5.91 Å². The van der Waals surface area contributed by atoms with E-state index >= 15 is 0 Å². The van der Waals surface area contributed by atoms with E-state index in [-0.39, 0.29) is 11.8 Å². The van der Waals surface area contributed by atoms with Gasteiger partial charge in [-0.25, -0.2) is 15.0 Å². The highest BCUT2D eigenvalue weighted by atomic mass is 32.1. The summed E-state index contributed by atoms with van der Waals surface area (Å²) in [7, 11) is 1.67. The Morgan fingerprint density at radius 1 is 1.25 bits per heavy atom. The summed E-state index contributed by atoms with van der Waals surface area (Å²) in [6.07, 6.45) is 6.27. The highest BCUT2D eigenvalue weighted by molar-refractivity contribution is 7.20. The Hall–Kier alpha value is -2.54. The molecule has 3 aromatic rings. The van der Waals surface area contributed by atoms with E-state index in [1.54, 1.807) is 25.6 Å². The van der Waals surface area contributed by atoms with E-state index in [1.807, 2.05) is 12.1 Å². The van der Waals surface area contributed by atoms with Crippen molar-refractivity contribution in [2.45, 2.75) is 12.3 Å². The number of rotatable bonds is 3.